The fourth-order valence-electron chi connectivity index (χ4n) is 3.16. The van der Waals surface area contributed by atoms with Crippen molar-refractivity contribution in [3.63, 3.8) is 0 Å². The Morgan fingerprint density at radius 2 is 2.05 bits per heavy atom. The van der Waals surface area contributed by atoms with Crippen molar-refractivity contribution in [2.45, 2.75) is 31.4 Å². The van der Waals surface area contributed by atoms with E-state index in [1.54, 1.807) is 0 Å². The first-order valence-electron chi connectivity index (χ1n) is 7.59. The van der Waals surface area contributed by atoms with E-state index < -0.39 is 0 Å². The van der Waals surface area contributed by atoms with Gasteiger partial charge in [0.2, 0.25) is 0 Å². The van der Waals surface area contributed by atoms with Crippen LogP contribution in [-0.2, 0) is 4.74 Å². The zero-order valence-corrected chi connectivity index (χ0v) is 11.6. The summed E-state index contributed by atoms with van der Waals surface area (Å²) in [6, 6.07) is 9.23. The summed E-state index contributed by atoms with van der Waals surface area (Å²) in [6.07, 6.45) is 7.95. The highest BCUT2D eigenvalue weighted by molar-refractivity contribution is 5.85. The lowest BCUT2D eigenvalue weighted by atomic mass is 9.93. The number of nitrogens with one attached hydrogen (secondary N) is 1. The SMILES string of the molecule is c1ccc2c(C3OCCC3CNC3CC3)cncc2c1. The number of rotatable bonds is 4. The maximum Gasteiger partial charge on any atom is 0.0886 e. The molecule has 0 amide bonds. The number of nitrogens with zero attached hydrogens (tertiary/aromatic N) is 1. The second kappa shape index (κ2) is 5.15. The first-order chi connectivity index (χ1) is 9.92. The minimum atomic E-state index is 0.194. The van der Waals surface area contributed by atoms with E-state index in [2.05, 4.69) is 34.6 Å². The van der Waals surface area contributed by atoms with E-state index in [0.717, 1.165) is 25.6 Å². The van der Waals surface area contributed by atoms with Crippen molar-refractivity contribution in [3.05, 3.63) is 42.2 Å². The number of fused-ring (bicyclic) bond motifs is 1. The third-order valence-electron chi connectivity index (χ3n) is 4.47. The minimum absolute atomic E-state index is 0.194. The van der Waals surface area contributed by atoms with Crippen LogP contribution in [0.1, 0.15) is 30.9 Å². The zero-order valence-electron chi connectivity index (χ0n) is 11.6. The maximum absolute atomic E-state index is 6.03. The van der Waals surface area contributed by atoms with Crippen molar-refractivity contribution in [1.82, 2.24) is 10.3 Å². The molecule has 2 aliphatic rings. The summed E-state index contributed by atoms with van der Waals surface area (Å²) < 4.78 is 6.03. The molecule has 0 bridgehead atoms. The Hall–Kier alpha value is -1.45. The van der Waals surface area contributed by atoms with Crippen LogP contribution in [0.25, 0.3) is 10.8 Å². The first-order valence-corrected chi connectivity index (χ1v) is 7.59. The number of benzene rings is 1. The van der Waals surface area contributed by atoms with Crippen LogP contribution >= 0.6 is 0 Å². The Bertz CT molecular complexity index is 603. The number of pyridine rings is 1. The van der Waals surface area contributed by atoms with Gasteiger partial charge < -0.3 is 10.1 Å². The van der Waals surface area contributed by atoms with Crippen molar-refractivity contribution in [3.8, 4) is 0 Å². The maximum atomic E-state index is 6.03. The van der Waals surface area contributed by atoms with Crippen molar-refractivity contribution in [2.24, 2.45) is 5.92 Å². The van der Waals surface area contributed by atoms with E-state index in [4.69, 9.17) is 4.74 Å². The monoisotopic (exact) mass is 268 g/mol. The van der Waals surface area contributed by atoms with Crippen LogP contribution in [0.5, 0.6) is 0 Å². The highest BCUT2D eigenvalue weighted by Crippen LogP contribution is 2.37. The van der Waals surface area contributed by atoms with Crippen LogP contribution in [0.3, 0.4) is 0 Å². The molecule has 2 aromatic rings. The van der Waals surface area contributed by atoms with Gasteiger partial charge in [0.05, 0.1) is 6.10 Å². The molecule has 3 heteroatoms. The molecule has 3 nitrogen and oxygen atoms in total. The van der Waals surface area contributed by atoms with Gasteiger partial charge in [0.25, 0.3) is 0 Å². The molecule has 2 fully saturated rings. The van der Waals surface area contributed by atoms with E-state index in [-0.39, 0.29) is 6.10 Å². The van der Waals surface area contributed by atoms with Crippen molar-refractivity contribution < 1.29 is 4.74 Å². The molecular weight excluding hydrogens is 248 g/mol. The summed E-state index contributed by atoms with van der Waals surface area (Å²) in [6.45, 7) is 1.93. The smallest absolute Gasteiger partial charge is 0.0886 e. The molecule has 1 aromatic heterocycles. The Morgan fingerprint density at radius 3 is 2.95 bits per heavy atom. The number of hydrogen-bond donors (Lipinski definition) is 1. The molecule has 1 aliphatic heterocycles. The van der Waals surface area contributed by atoms with E-state index in [1.807, 2.05) is 12.4 Å². The van der Waals surface area contributed by atoms with E-state index in [9.17, 15) is 0 Å². The summed E-state index contributed by atoms with van der Waals surface area (Å²) in [4.78, 5) is 4.40. The van der Waals surface area contributed by atoms with Gasteiger partial charge in [-0.2, -0.15) is 0 Å². The minimum Gasteiger partial charge on any atom is -0.373 e. The molecule has 1 saturated heterocycles. The topological polar surface area (TPSA) is 34.1 Å². The molecule has 2 heterocycles. The van der Waals surface area contributed by atoms with Crippen LogP contribution < -0.4 is 5.32 Å². The Morgan fingerprint density at radius 1 is 1.15 bits per heavy atom. The third kappa shape index (κ3) is 2.32. The van der Waals surface area contributed by atoms with Crippen LogP contribution in [0.4, 0.5) is 0 Å². The van der Waals surface area contributed by atoms with E-state index in [0.29, 0.717) is 5.92 Å². The molecule has 2 atom stereocenters. The fourth-order valence-corrected chi connectivity index (χ4v) is 3.16. The largest absolute Gasteiger partial charge is 0.373 e. The van der Waals surface area contributed by atoms with Gasteiger partial charge in [-0.3, -0.25) is 4.98 Å². The number of aromatic nitrogens is 1. The predicted octanol–water partition coefficient (Wildman–Crippen LogP) is 3.06. The van der Waals surface area contributed by atoms with Gasteiger partial charge in [-0.15, -0.1) is 0 Å². The van der Waals surface area contributed by atoms with Crippen molar-refractivity contribution >= 4 is 10.8 Å². The van der Waals surface area contributed by atoms with Crippen LogP contribution in [0.2, 0.25) is 0 Å². The van der Waals surface area contributed by atoms with Crippen LogP contribution in [0, 0.1) is 5.92 Å². The second-order valence-electron chi connectivity index (χ2n) is 5.97. The van der Waals surface area contributed by atoms with Gasteiger partial charge in [-0.25, -0.2) is 0 Å². The molecule has 4 rings (SSSR count). The molecule has 1 aliphatic carbocycles. The first kappa shape index (κ1) is 12.3. The summed E-state index contributed by atoms with van der Waals surface area (Å²) in [5.74, 6) is 0.572. The number of ether oxygens (including phenoxy) is 1. The molecule has 2 unspecified atom stereocenters. The molecule has 0 spiro atoms. The lowest BCUT2D eigenvalue weighted by Crippen LogP contribution is -2.26. The van der Waals surface area contributed by atoms with Crippen molar-refractivity contribution in [1.29, 1.82) is 0 Å². The zero-order chi connectivity index (χ0) is 13.4. The lowest BCUT2D eigenvalue weighted by Gasteiger charge is -2.20. The van der Waals surface area contributed by atoms with Gasteiger partial charge in [-0.1, -0.05) is 24.3 Å². The average Bonchev–Trinajstić information content (AvgIpc) is 3.21. The van der Waals surface area contributed by atoms with Gasteiger partial charge >= 0.3 is 0 Å². The molecule has 20 heavy (non-hydrogen) atoms. The quantitative estimate of drug-likeness (QED) is 0.925. The number of hydrogen-bond acceptors (Lipinski definition) is 3. The highest BCUT2D eigenvalue weighted by Gasteiger charge is 2.32. The van der Waals surface area contributed by atoms with Gasteiger partial charge in [-0.05, 0) is 24.6 Å². The molecule has 1 N–H and O–H groups in total. The molecule has 0 radical (unpaired) electrons. The summed E-state index contributed by atoms with van der Waals surface area (Å²) in [5, 5.41) is 6.13. The second-order valence-corrected chi connectivity index (χ2v) is 5.97. The Kier molecular flexibility index (Phi) is 3.17. The summed E-state index contributed by atoms with van der Waals surface area (Å²) in [7, 11) is 0. The standard InChI is InChI=1S/C17H20N2O/c1-2-4-15-12(3-1)9-18-11-16(15)17-13(7-8-20-17)10-19-14-5-6-14/h1-4,9,11,13-14,17,19H,5-8,10H2. The summed E-state index contributed by atoms with van der Waals surface area (Å²) in [5.41, 5.74) is 1.25. The van der Waals surface area contributed by atoms with E-state index in [1.165, 1.54) is 29.2 Å². The Labute approximate surface area is 119 Å². The third-order valence-corrected chi connectivity index (χ3v) is 4.47. The van der Waals surface area contributed by atoms with Crippen LogP contribution in [0.15, 0.2) is 36.7 Å². The normalized spacial score (nSPS) is 26.2. The van der Waals surface area contributed by atoms with Gasteiger partial charge in [0, 0.05) is 48.5 Å². The lowest BCUT2D eigenvalue weighted by molar-refractivity contribution is 0.0913. The van der Waals surface area contributed by atoms with Crippen molar-refractivity contribution in [2.75, 3.05) is 13.2 Å². The predicted molar refractivity (Wildman–Crippen MR) is 79.6 cm³/mol. The van der Waals surface area contributed by atoms with E-state index >= 15 is 0 Å². The molecule has 1 saturated carbocycles. The Balaban J connectivity index is 1.63. The molecule has 104 valence electrons. The van der Waals surface area contributed by atoms with Crippen LogP contribution in [-0.4, -0.2) is 24.2 Å². The highest BCUT2D eigenvalue weighted by atomic mass is 16.5. The summed E-state index contributed by atoms with van der Waals surface area (Å²) >= 11 is 0. The molecule has 1 aromatic carbocycles. The fraction of sp³-hybridized carbons (Fsp3) is 0.471. The molecular formula is C17H20N2O. The average molecular weight is 268 g/mol. The van der Waals surface area contributed by atoms with Gasteiger partial charge in [0.15, 0.2) is 0 Å². The van der Waals surface area contributed by atoms with Gasteiger partial charge in [0.1, 0.15) is 0 Å².